The van der Waals surface area contributed by atoms with Crippen molar-refractivity contribution in [1.82, 2.24) is 9.59 Å². The van der Waals surface area contributed by atoms with Gasteiger partial charge in [-0.2, -0.15) is 0 Å². The minimum atomic E-state index is 0.102. The molecule has 0 bridgehead atoms. The van der Waals surface area contributed by atoms with Crippen LogP contribution in [0, 0.1) is 0 Å². The molecule has 1 rings (SSSR count). The number of nitrogens with two attached hydrogens (primary N) is 1. The molecule has 1 heterocycles. The summed E-state index contributed by atoms with van der Waals surface area (Å²) in [5.74, 6) is 0. The molecular formula is C10H17N3S. The van der Waals surface area contributed by atoms with Gasteiger partial charge in [-0.05, 0) is 37.2 Å². The minimum absolute atomic E-state index is 0.102. The first-order valence-electron chi connectivity index (χ1n) is 4.97. The highest BCUT2D eigenvalue weighted by atomic mass is 32.1. The highest BCUT2D eigenvalue weighted by Gasteiger charge is 2.13. The second-order valence-electron chi connectivity index (χ2n) is 3.26. The van der Waals surface area contributed by atoms with Crippen molar-refractivity contribution in [3.8, 4) is 0 Å². The zero-order valence-corrected chi connectivity index (χ0v) is 9.39. The van der Waals surface area contributed by atoms with Gasteiger partial charge in [0, 0.05) is 6.04 Å². The monoisotopic (exact) mass is 211 g/mol. The first-order chi connectivity index (χ1) is 6.79. The highest BCUT2D eigenvalue weighted by Crippen LogP contribution is 2.23. The number of unbranched alkanes of at least 4 members (excludes halogenated alkanes) is 1. The van der Waals surface area contributed by atoms with Crippen LogP contribution in [0.1, 0.15) is 42.8 Å². The average molecular weight is 211 g/mol. The molecule has 1 aromatic rings. The topological polar surface area (TPSA) is 51.8 Å². The number of aryl methyl sites for hydroxylation is 1. The Hall–Kier alpha value is -0.740. The van der Waals surface area contributed by atoms with E-state index < -0.39 is 0 Å². The van der Waals surface area contributed by atoms with Crippen LogP contribution in [0.4, 0.5) is 0 Å². The van der Waals surface area contributed by atoms with Gasteiger partial charge in [0.05, 0.1) is 10.6 Å². The fourth-order valence-corrected chi connectivity index (χ4v) is 2.13. The minimum Gasteiger partial charge on any atom is -0.323 e. The van der Waals surface area contributed by atoms with Crippen molar-refractivity contribution in [3.63, 3.8) is 0 Å². The van der Waals surface area contributed by atoms with E-state index in [0.29, 0.717) is 0 Å². The number of hydrogen-bond acceptors (Lipinski definition) is 4. The summed E-state index contributed by atoms with van der Waals surface area (Å²) in [6, 6.07) is 0.102. The number of aromatic nitrogens is 2. The lowest BCUT2D eigenvalue weighted by atomic mass is 10.1. The molecule has 1 unspecified atom stereocenters. The molecule has 0 fully saturated rings. The molecule has 3 nitrogen and oxygen atoms in total. The Balaban J connectivity index is 2.50. The summed E-state index contributed by atoms with van der Waals surface area (Å²) in [5, 5.41) is 4.05. The fraction of sp³-hybridized carbons (Fsp3) is 0.600. The lowest BCUT2D eigenvalue weighted by molar-refractivity contribution is 0.619. The summed E-state index contributed by atoms with van der Waals surface area (Å²) in [7, 11) is 0. The Morgan fingerprint density at radius 2 is 2.43 bits per heavy atom. The Bertz CT molecular complexity index is 283. The first kappa shape index (κ1) is 11.3. The summed E-state index contributed by atoms with van der Waals surface area (Å²) < 4.78 is 3.93. The molecule has 0 saturated heterocycles. The molecule has 0 aromatic carbocycles. The number of allylic oxidation sites excluding steroid dienone is 1. The van der Waals surface area contributed by atoms with E-state index >= 15 is 0 Å². The summed E-state index contributed by atoms with van der Waals surface area (Å²) in [6.07, 6.45) is 5.95. The predicted octanol–water partition coefficient (Wildman–Crippen LogP) is 2.46. The smallest absolute Gasteiger partial charge is 0.0800 e. The van der Waals surface area contributed by atoms with Crippen LogP contribution in [0.2, 0.25) is 0 Å². The van der Waals surface area contributed by atoms with Crippen LogP contribution in [0.25, 0.3) is 0 Å². The summed E-state index contributed by atoms with van der Waals surface area (Å²) in [6.45, 7) is 5.77. The summed E-state index contributed by atoms with van der Waals surface area (Å²) >= 11 is 1.43. The van der Waals surface area contributed by atoms with Crippen LogP contribution < -0.4 is 5.73 Å². The lowest BCUT2D eigenvalue weighted by Crippen LogP contribution is -2.10. The van der Waals surface area contributed by atoms with Gasteiger partial charge >= 0.3 is 0 Å². The standard InChI is InChI=1S/C10H17N3S/c1-3-5-6-7-8(11)10-9(4-2)12-13-14-10/h3,8H,1,4-7,11H2,2H3. The van der Waals surface area contributed by atoms with E-state index in [1.807, 2.05) is 6.08 Å². The van der Waals surface area contributed by atoms with Crippen molar-refractivity contribution in [2.75, 3.05) is 0 Å². The second-order valence-corrected chi connectivity index (χ2v) is 4.05. The molecule has 2 N–H and O–H groups in total. The lowest BCUT2D eigenvalue weighted by Gasteiger charge is -2.08. The molecule has 14 heavy (non-hydrogen) atoms. The van der Waals surface area contributed by atoms with Gasteiger partial charge < -0.3 is 5.73 Å². The molecule has 0 radical (unpaired) electrons. The van der Waals surface area contributed by atoms with E-state index in [9.17, 15) is 0 Å². The third-order valence-corrected chi connectivity index (χ3v) is 3.08. The van der Waals surface area contributed by atoms with Crippen LogP contribution >= 0.6 is 11.5 Å². The Morgan fingerprint density at radius 1 is 1.64 bits per heavy atom. The van der Waals surface area contributed by atoms with Crippen LogP contribution in [0.3, 0.4) is 0 Å². The van der Waals surface area contributed by atoms with Gasteiger partial charge in [-0.25, -0.2) is 0 Å². The Labute approximate surface area is 89.2 Å². The largest absolute Gasteiger partial charge is 0.323 e. The van der Waals surface area contributed by atoms with Crippen LogP contribution in [0.5, 0.6) is 0 Å². The Morgan fingerprint density at radius 3 is 3.07 bits per heavy atom. The average Bonchev–Trinajstić information content (AvgIpc) is 2.65. The van der Waals surface area contributed by atoms with Crippen molar-refractivity contribution in [1.29, 1.82) is 0 Å². The van der Waals surface area contributed by atoms with Crippen molar-refractivity contribution in [2.45, 2.75) is 38.6 Å². The molecule has 4 heteroatoms. The highest BCUT2D eigenvalue weighted by molar-refractivity contribution is 7.05. The van der Waals surface area contributed by atoms with Gasteiger partial charge in [-0.15, -0.1) is 11.7 Å². The maximum absolute atomic E-state index is 6.05. The number of nitrogens with zero attached hydrogens (tertiary/aromatic N) is 2. The van der Waals surface area contributed by atoms with Crippen LogP contribution in [-0.4, -0.2) is 9.59 Å². The van der Waals surface area contributed by atoms with Crippen LogP contribution in [0.15, 0.2) is 12.7 Å². The molecule has 0 spiro atoms. The van der Waals surface area contributed by atoms with E-state index in [1.54, 1.807) is 0 Å². The van der Waals surface area contributed by atoms with Crippen LogP contribution in [-0.2, 0) is 6.42 Å². The zero-order chi connectivity index (χ0) is 10.4. The number of rotatable bonds is 6. The molecule has 0 aliphatic rings. The van der Waals surface area contributed by atoms with Gasteiger partial charge in [-0.3, -0.25) is 0 Å². The van der Waals surface area contributed by atoms with E-state index in [2.05, 4.69) is 23.1 Å². The summed E-state index contributed by atoms with van der Waals surface area (Å²) in [5.41, 5.74) is 7.11. The van der Waals surface area contributed by atoms with Crippen molar-refractivity contribution >= 4 is 11.5 Å². The molecule has 0 saturated carbocycles. The molecule has 78 valence electrons. The van der Waals surface area contributed by atoms with Crippen molar-refractivity contribution in [3.05, 3.63) is 23.2 Å². The third kappa shape index (κ3) is 2.89. The molecule has 0 aliphatic carbocycles. The maximum atomic E-state index is 6.05. The normalized spacial score (nSPS) is 12.7. The van der Waals surface area contributed by atoms with Crippen molar-refractivity contribution < 1.29 is 0 Å². The third-order valence-electron chi connectivity index (χ3n) is 2.18. The predicted molar refractivity (Wildman–Crippen MR) is 60.3 cm³/mol. The first-order valence-corrected chi connectivity index (χ1v) is 5.74. The van der Waals surface area contributed by atoms with E-state index in [1.165, 1.54) is 11.5 Å². The fourth-order valence-electron chi connectivity index (χ4n) is 1.36. The zero-order valence-electron chi connectivity index (χ0n) is 8.57. The second kappa shape index (κ2) is 5.88. The van der Waals surface area contributed by atoms with Crippen molar-refractivity contribution in [2.24, 2.45) is 5.73 Å². The van der Waals surface area contributed by atoms with Gasteiger partial charge in [-0.1, -0.05) is 17.5 Å². The SMILES string of the molecule is C=CCCCC(N)c1snnc1CC. The van der Waals surface area contributed by atoms with E-state index in [-0.39, 0.29) is 6.04 Å². The molecule has 0 amide bonds. The molecular weight excluding hydrogens is 194 g/mol. The quantitative estimate of drug-likeness (QED) is 0.581. The van der Waals surface area contributed by atoms with Gasteiger partial charge in [0.15, 0.2) is 0 Å². The van der Waals surface area contributed by atoms with Gasteiger partial charge in [0.25, 0.3) is 0 Å². The maximum Gasteiger partial charge on any atom is 0.0800 e. The molecule has 1 aromatic heterocycles. The number of hydrogen-bond donors (Lipinski definition) is 1. The molecule has 1 atom stereocenters. The van der Waals surface area contributed by atoms with E-state index in [4.69, 9.17) is 5.73 Å². The van der Waals surface area contributed by atoms with Gasteiger partial charge in [0.2, 0.25) is 0 Å². The van der Waals surface area contributed by atoms with Gasteiger partial charge in [0.1, 0.15) is 0 Å². The summed E-state index contributed by atoms with van der Waals surface area (Å²) in [4.78, 5) is 1.15. The molecule has 0 aliphatic heterocycles. The Kier molecular flexibility index (Phi) is 4.76. The van der Waals surface area contributed by atoms with E-state index in [0.717, 1.165) is 36.3 Å².